The lowest BCUT2D eigenvalue weighted by Crippen LogP contribution is -2.12. The largest absolute Gasteiger partial charge is 0.480 e. The number of nitrogens with zero attached hydrogens (tertiary/aromatic N) is 1. The molecule has 0 spiro atoms. The van der Waals surface area contributed by atoms with Gasteiger partial charge in [0, 0.05) is 11.3 Å². The molecule has 2 rings (SSSR count). The van der Waals surface area contributed by atoms with Gasteiger partial charge in [0.15, 0.2) is 0 Å². The number of benzene rings is 2. The van der Waals surface area contributed by atoms with Gasteiger partial charge in [-0.15, -0.1) is 0 Å². The van der Waals surface area contributed by atoms with Crippen LogP contribution in [0.4, 0.5) is 5.69 Å². The van der Waals surface area contributed by atoms with Gasteiger partial charge in [0.2, 0.25) is 11.0 Å². The van der Waals surface area contributed by atoms with Gasteiger partial charge >= 0.3 is 0 Å². The lowest BCUT2D eigenvalue weighted by Gasteiger charge is -2.07. The fourth-order valence-electron chi connectivity index (χ4n) is 1.57. The van der Waals surface area contributed by atoms with E-state index in [1.165, 1.54) is 0 Å². The molecule has 4 heteroatoms. The first kappa shape index (κ1) is 13.2. The number of anilines is 1. The van der Waals surface area contributed by atoms with Crippen LogP contribution in [-0.4, -0.2) is 18.1 Å². The molecule has 0 bridgehead atoms. The zero-order chi connectivity index (χ0) is 13.5. The summed E-state index contributed by atoms with van der Waals surface area (Å²) >= 11 is 5.20. The van der Waals surface area contributed by atoms with Crippen LogP contribution in [0.5, 0.6) is 0 Å². The fraction of sp³-hybridized carbons (Fsp3) is 0.0667. The fourth-order valence-corrected chi connectivity index (χ4v) is 1.77. The van der Waals surface area contributed by atoms with Crippen LogP contribution in [0, 0.1) is 0 Å². The van der Waals surface area contributed by atoms with Crippen molar-refractivity contribution in [1.29, 1.82) is 0 Å². The van der Waals surface area contributed by atoms with Crippen LogP contribution in [0.2, 0.25) is 0 Å². The van der Waals surface area contributed by atoms with Crippen molar-refractivity contribution in [3.8, 4) is 0 Å². The van der Waals surface area contributed by atoms with Gasteiger partial charge in [0.1, 0.15) is 0 Å². The third-order valence-corrected chi connectivity index (χ3v) is 2.64. The Hall–Kier alpha value is -2.20. The Morgan fingerprint density at radius 2 is 1.58 bits per heavy atom. The Morgan fingerprint density at radius 1 is 1.00 bits per heavy atom. The highest BCUT2D eigenvalue weighted by Crippen LogP contribution is 2.07. The molecule has 1 N–H and O–H groups in total. The maximum Gasteiger partial charge on any atom is 0.223 e. The molecule has 2 aromatic rings. The summed E-state index contributed by atoms with van der Waals surface area (Å²) < 4.78 is 5.27. The SMILES string of the molecule is CO/C(=N\C(=S)Nc1ccccc1)c1ccccc1. The highest BCUT2D eigenvalue weighted by Gasteiger charge is 2.04. The Kier molecular flexibility index (Phi) is 4.64. The minimum atomic E-state index is 0.368. The lowest BCUT2D eigenvalue weighted by molar-refractivity contribution is 0.405. The molecule has 0 radical (unpaired) electrons. The summed E-state index contributed by atoms with van der Waals surface area (Å²) in [5.74, 6) is 0.494. The van der Waals surface area contributed by atoms with Gasteiger partial charge in [-0.2, -0.15) is 4.99 Å². The molecule has 0 amide bonds. The second-order valence-corrected chi connectivity index (χ2v) is 4.17. The van der Waals surface area contributed by atoms with Gasteiger partial charge in [-0.05, 0) is 36.5 Å². The summed E-state index contributed by atoms with van der Waals surface area (Å²) in [5, 5.41) is 3.41. The second kappa shape index (κ2) is 6.66. The molecule has 19 heavy (non-hydrogen) atoms. The van der Waals surface area contributed by atoms with Gasteiger partial charge in [-0.1, -0.05) is 36.4 Å². The average molecular weight is 270 g/mol. The molecule has 0 aromatic heterocycles. The highest BCUT2D eigenvalue weighted by atomic mass is 32.1. The number of nitrogens with one attached hydrogen (secondary N) is 1. The molecule has 0 saturated heterocycles. The number of hydrogen-bond acceptors (Lipinski definition) is 2. The Balaban J connectivity index is 2.13. The van der Waals surface area contributed by atoms with Crippen LogP contribution in [0.15, 0.2) is 65.7 Å². The van der Waals surface area contributed by atoms with Crippen molar-refractivity contribution in [3.63, 3.8) is 0 Å². The van der Waals surface area contributed by atoms with E-state index in [0.717, 1.165) is 11.3 Å². The van der Waals surface area contributed by atoms with Crippen LogP contribution in [0.1, 0.15) is 5.56 Å². The zero-order valence-electron chi connectivity index (χ0n) is 10.5. The predicted molar refractivity (Wildman–Crippen MR) is 82.7 cm³/mol. The van der Waals surface area contributed by atoms with Gasteiger partial charge in [-0.3, -0.25) is 0 Å². The van der Waals surface area contributed by atoms with E-state index in [0.29, 0.717) is 11.0 Å². The van der Waals surface area contributed by atoms with Crippen molar-refractivity contribution in [3.05, 3.63) is 66.2 Å². The second-order valence-electron chi connectivity index (χ2n) is 3.78. The first-order valence-corrected chi connectivity index (χ1v) is 6.24. The van der Waals surface area contributed by atoms with Crippen molar-refractivity contribution in [1.82, 2.24) is 0 Å². The van der Waals surface area contributed by atoms with E-state index in [4.69, 9.17) is 17.0 Å². The standard InChI is InChI=1S/C15H14N2OS/c1-18-14(12-8-4-2-5-9-12)17-15(19)16-13-10-6-3-7-11-13/h2-11H,1H3,(H,16,19)/b17-14-. The number of para-hydroxylation sites is 1. The maximum absolute atomic E-state index is 5.27. The molecule has 0 unspecified atom stereocenters. The van der Waals surface area contributed by atoms with Crippen LogP contribution in [0.3, 0.4) is 0 Å². The zero-order valence-corrected chi connectivity index (χ0v) is 11.4. The maximum atomic E-state index is 5.27. The van der Waals surface area contributed by atoms with Crippen LogP contribution < -0.4 is 5.32 Å². The van der Waals surface area contributed by atoms with Crippen molar-refractivity contribution < 1.29 is 4.74 Å². The molecular weight excluding hydrogens is 256 g/mol. The topological polar surface area (TPSA) is 33.6 Å². The van der Waals surface area contributed by atoms with Gasteiger partial charge in [0.05, 0.1) is 7.11 Å². The smallest absolute Gasteiger partial charge is 0.223 e. The summed E-state index contributed by atoms with van der Waals surface area (Å²) in [4.78, 5) is 4.28. The van der Waals surface area contributed by atoms with Gasteiger partial charge < -0.3 is 10.1 Å². The van der Waals surface area contributed by atoms with Crippen molar-refractivity contribution >= 4 is 28.9 Å². The van der Waals surface area contributed by atoms with Crippen LogP contribution in [0.25, 0.3) is 0 Å². The number of aliphatic imine (C=N–C) groups is 1. The first-order valence-electron chi connectivity index (χ1n) is 5.84. The van der Waals surface area contributed by atoms with Crippen LogP contribution >= 0.6 is 12.2 Å². The van der Waals surface area contributed by atoms with Gasteiger partial charge in [0.25, 0.3) is 0 Å². The van der Waals surface area contributed by atoms with E-state index in [-0.39, 0.29) is 0 Å². The van der Waals surface area contributed by atoms with Crippen molar-refractivity contribution in [2.75, 3.05) is 12.4 Å². The average Bonchev–Trinajstić information content (AvgIpc) is 2.47. The summed E-state index contributed by atoms with van der Waals surface area (Å²) in [7, 11) is 1.58. The summed E-state index contributed by atoms with van der Waals surface area (Å²) in [6, 6.07) is 19.3. The Morgan fingerprint density at radius 3 is 2.16 bits per heavy atom. The molecule has 0 atom stereocenters. The van der Waals surface area contributed by atoms with E-state index in [2.05, 4.69) is 10.3 Å². The van der Waals surface area contributed by atoms with Crippen LogP contribution in [-0.2, 0) is 4.74 Å². The Labute approximate surface area is 118 Å². The number of hydrogen-bond donors (Lipinski definition) is 1. The molecule has 96 valence electrons. The normalized spacial score (nSPS) is 10.9. The Bertz CT molecular complexity index is 567. The molecule has 3 nitrogen and oxygen atoms in total. The molecule has 0 saturated carbocycles. The number of methoxy groups -OCH3 is 1. The quantitative estimate of drug-likeness (QED) is 0.515. The van der Waals surface area contributed by atoms with Gasteiger partial charge in [-0.25, -0.2) is 0 Å². The number of thiocarbonyl (C=S) groups is 1. The monoisotopic (exact) mass is 270 g/mol. The molecule has 2 aromatic carbocycles. The molecule has 0 aliphatic rings. The number of rotatable bonds is 2. The van der Waals surface area contributed by atoms with E-state index in [9.17, 15) is 0 Å². The van der Waals surface area contributed by atoms with Crippen molar-refractivity contribution in [2.45, 2.75) is 0 Å². The summed E-state index contributed by atoms with van der Waals surface area (Å²) in [6.07, 6.45) is 0. The number of ether oxygens (including phenoxy) is 1. The molecule has 0 aliphatic heterocycles. The summed E-state index contributed by atoms with van der Waals surface area (Å²) in [6.45, 7) is 0. The summed E-state index contributed by atoms with van der Waals surface area (Å²) in [5.41, 5.74) is 1.79. The molecule has 0 heterocycles. The van der Waals surface area contributed by atoms with E-state index >= 15 is 0 Å². The third kappa shape index (κ3) is 3.89. The third-order valence-electron chi connectivity index (χ3n) is 2.44. The van der Waals surface area contributed by atoms with E-state index in [1.807, 2.05) is 60.7 Å². The highest BCUT2D eigenvalue weighted by molar-refractivity contribution is 7.80. The lowest BCUT2D eigenvalue weighted by atomic mass is 10.2. The van der Waals surface area contributed by atoms with Crippen molar-refractivity contribution in [2.24, 2.45) is 4.99 Å². The molecule has 0 aliphatic carbocycles. The minimum Gasteiger partial charge on any atom is -0.480 e. The molecule has 0 fully saturated rings. The van der Waals surface area contributed by atoms with E-state index in [1.54, 1.807) is 7.11 Å². The minimum absolute atomic E-state index is 0.368. The molecular formula is C15H14N2OS. The van der Waals surface area contributed by atoms with E-state index < -0.39 is 0 Å². The predicted octanol–water partition coefficient (Wildman–Crippen LogP) is 3.48. The first-order chi connectivity index (χ1) is 9.29.